The van der Waals surface area contributed by atoms with Gasteiger partial charge in [0.05, 0.1) is 46.2 Å². The molecule has 3 aliphatic rings. The highest BCUT2D eigenvalue weighted by molar-refractivity contribution is 6.99. The molecule has 3 fully saturated rings. The van der Waals surface area contributed by atoms with Crippen molar-refractivity contribution < 1.29 is 55.3 Å². The maximum absolute atomic E-state index is 8.10. The second kappa shape index (κ2) is 28.5. The lowest BCUT2D eigenvalue weighted by molar-refractivity contribution is -0.342. The minimum Gasteiger partial charge on any atom is -0.414 e. The van der Waals surface area contributed by atoms with Gasteiger partial charge in [-0.25, -0.2) is 0 Å². The van der Waals surface area contributed by atoms with Crippen LogP contribution in [0.25, 0.3) is 0 Å². The van der Waals surface area contributed by atoms with Gasteiger partial charge in [-0.3, -0.25) is 0 Å². The fourth-order valence-corrected chi connectivity index (χ4v) is 28.5. The number of rotatable bonds is 25. The Morgan fingerprint density at radius 1 is 0.500 bits per heavy atom. The Balaban J connectivity index is 1.19. The van der Waals surface area contributed by atoms with E-state index in [1.165, 1.54) is 0 Å². The number of benzene rings is 6. The lowest BCUT2D eigenvalue weighted by Gasteiger charge is -2.49. The van der Waals surface area contributed by atoms with E-state index in [1.54, 1.807) is 7.11 Å². The third kappa shape index (κ3) is 14.1. The molecule has 0 spiro atoms. The molecule has 12 nitrogen and oxygen atoms in total. The van der Waals surface area contributed by atoms with Crippen LogP contribution in [0.15, 0.2) is 182 Å². The molecular formula is C69H92O12Si3. The summed E-state index contributed by atoms with van der Waals surface area (Å²) in [6, 6.07) is 62.0. The second-order valence-corrected chi connectivity index (χ2v) is 38.2. The number of methoxy groups -OCH3 is 1. The van der Waals surface area contributed by atoms with Crippen LogP contribution in [0, 0.1) is 0 Å². The monoisotopic (exact) mass is 1200 g/mol. The van der Waals surface area contributed by atoms with E-state index in [4.69, 9.17) is 55.3 Å². The summed E-state index contributed by atoms with van der Waals surface area (Å²) in [5.74, 6) is -1.63. The van der Waals surface area contributed by atoms with Gasteiger partial charge in [0.1, 0.15) is 42.7 Å². The maximum atomic E-state index is 8.10. The zero-order chi connectivity index (χ0) is 59.5. The first-order valence-corrected chi connectivity index (χ1v) is 36.2. The molecule has 0 unspecified atom stereocenters. The smallest absolute Gasteiger partial charge is 0.335 e. The Bertz CT molecular complexity index is 2830. The lowest BCUT2D eigenvalue weighted by atomic mass is 9.97. The molecule has 3 heterocycles. The standard InChI is InChI=1S/C69H92O12Si3/c1-50(2)83(51(3)4)77-49-69(75-47-60-62(71-43-54-31-19-13-20-32-54)64(72-44-55-33-21-14-22-34-55)65(67(70-12)78-60)73-45-56-35-23-15-24-36-56)66(74-46-57-37-25-16-26-38-57)63(80-84(81-83,52(5)6)53(7)8)61(79-69)48-76-82(68(9,10)11,58-39-27-17-28-40-58)59-41-29-18-30-42-59/h13-42,50-53,60-67H,43-49H2,1-12H3/t60-,61-,62-,63-,64+,65+,66+,67+,69-/m1/s1. The predicted octanol–water partition coefficient (Wildman–Crippen LogP) is 13.3. The first-order chi connectivity index (χ1) is 40.4. The molecule has 84 heavy (non-hydrogen) atoms. The minimum absolute atomic E-state index is 0.00141. The third-order valence-corrected chi connectivity index (χ3v) is 32.4. The molecular weight excluding hydrogens is 1110 g/mol. The highest BCUT2D eigenvalue weighted by Gasteiger charge is 2.67. The molecule has 15 heteroatoms. The zero-order valence-electron chi connectivity index (χ0n) is 51.6. The number of hydrogen-bond donors (Lipinski definition) is 0. The normalized spacial score (nSPS) is 25.4. The van der Waals surface area contributed by atoms with E-state index in [2.05, 4.69) is 173 Å². The van der Waals surface area contributed by atoms with E-state index >= 15 is 0 Å². The van der Waals surface area contributed by atoms with Gasteiger partial charge in [-0.15, -0.1) is 0 Å². The van der Waals surface area contributed by atoms with E-state index in [0.717, 1.165) is 32.6 Å². The van der Waals surface area contributed by atoms with Crippen LogP contribution >= 0.6 is 0 Å². The average molecular weight is 1200 g/mol. The van der Waals surface area contributed by atoms with E-state index in [-0.39, 0.29) is 73.5 Å². The van der Waals surface area contributed by atoms with Crippen molar-refractivity contribution in [2.75, 3.05) is 26.9 Å². The van der Waals surface area contributed by atoms with Gasteiger partial charge >= 0.3 is 17.1 Å². The number of hydrogen-bond acceptors (Lipinski definition) is 12. The summed E-state index contributed by atoms with van der Waals surface area (Å²) in [4.78, 5) is 0. The summed E-state index contributed by atoms with van der Waals surface area (Å²) < 4.78 is 89.2. The van der Waals surface area contributed by atoms with Gasteiger partial charge in [-0.2, -0.15) is 0 Å². The van der Waals surface area contributed by atoms with Crippen molar-refractivity contribution in [1.29, 1.82) is 0 Å². The van der Waals surface area contributed by atoms with Gasteiger partial charge in [0, 0.05) is 7.11 Å². The third-order valence-electron chi connectivity index (χ3n) is 17.1. The summed E-state index contributed by atoms with van der Waals surface area (Å²) in [6.07, 6.45) is -6.26. The fourth-order valence-electron chi connectivity index (χ4n) is 12.8. The van der Waals surface area contributed by atoms with Crippen LogP contribution in [0.5, 0.6) is 0 Å². The molecule has 3 saturated heterocycles. The van der Waals surface area contributed by atoms with E-state index in [1.807, 2.05) is 84.9 Å². The van der Waals surface area contributed by atoms with Gasteiger partial charge < -0.3 is 55.3 Å². The van der Waals surface area contributed by atoms with E-state index < -0.39 is 80.2 Å². The van der Waals surface area contributed by atoms with Crippen LogP contribution in [-0.4, -0.2) is 107 Å². The SMILES string of the molecule is CO[C@H]1O[C@H](CO[C@]23CO[Si](C(C)C)(C(C)C)O[Si](C(C)C)(C(C)C)O[C@H]([C@@H](CO[Si](c4ccccc4)(c4ccccc4)C(C)(C)C)O2)[C@@H]3OCc2ccccc2)[C@@H](OCc2ccccc2)[C@H](OCc2ccccc2)[C@@H]1OCc1ccccc1. The fraction of sp³-hybridized carbons (Fsp3) is 0.478. The van der Waals surface area contributed by atoms with Crippen LogP contribution in [0.2, 0.25) is 27.2 Å². The molecule has 0 amide bonds. The van der Waals surface area contributed by atoms with Gasteiger partial charge in [0.25, 0.3) is 8.32 Å². The van der Waals surface area contributed by atoms with Gasteiger partial charge in [-0.05, 0) is 59.8 Å². The van der Waals surface area contributed by atoms with Crippen LogP contribution in [-0.2, 0) is 81.7 Å². The molecule has 6 aromatic carbocycles. The molecule has 0 N–H and O–H groups in total. The highest BCUT2D eigenvalue weighted by atomic mass is 28.5. The van der Waals surface area contributed by atoms with E-state index in [0.29, 0.717) is 0 Å². The van der Waals surface area contributed by atoms with Gasteiger partial charge in [-0.1, -0.05) is 258 Å². The van der Waals surface area contributed by atoms with Crippen molar-refractivity contribution in [3.8, 4) is 0 Å². The zero-order valence-corrected chi connectivity index (χ0v) is 54.6. The van der Waals surface area contributed by atoms with Crippen molar-refractivity contribution in [3.63, 3.8) is 0 Å². The summed E-state index contributed by atoms with van der Waals surface area (Å²) in [5.41, 5.74) is 4.02. The molecule has 9 atom stereocenters. The van der Waals surface area contributed by atoms with Crippen molar-refractivity contribution in [1.82, 2.24) is 0 Å². The molecule has 452 valence electrons. The number of fused-ring (bicyclic) bond motifs is 2. The van der Waals surface area contributed by atoms with Crippen LogP contribution in [0.3, 0.4) is 0 Å². The highest BCUT2D eigenvalue weighted by Crippen LogP contribution is 2.51. The summed E-state index contributed by atoms with van der Waals surface area (Å²) in [7, 11) is -8.15. The summed E-state index contributed by atoms with van der Waals surface area (Å²) in [6.45, 7) is 25.9. The maximum Gasteiger partial charge on any atom is 0.335 e. The van der Waals surface area contributed by atoms with Gasteiger partial charge in [0.15, 0.2) is 6.29 Å². The van der Waals surface area contributed by atoms with Crippen LogP contribution in [0.4, 0.5) is 0 Å². The molecule has 9 rings (SSSR count). The quantitative estimate of drug-likeness (QED) is 0.0509. The Morgan fingerprint density at radius 3 is 1.32 bits per heavy atom. The van der Waals surface area contributed by atoms with Crippen molar-refractivity contribution >= 4 is 35.8 Å². The summed E-state index contributed by atoms with van der Waals surface area (Å²) >= 11 is 0. The predicted molar refractivity (Wildman–Crippen MR) is 337 cm³/mol. The average Bonchev–Trinajstić information content (AvgIpc) is 2.19. The Hall–Kier alpha value is -4.51. The van der Waals surface area contributed by atoms with E-state index in [9.17, 15) is 0 Å². The van der Waals surface area contributed by atoms with Crippen LogP contribution in [0.1, 0.15) is 98.4 Å². The molecule has 0 radical (unpaired) electrons. The molecule has 2 bridgehead atoms. The second-order valence-electron chi connectivity index (χ2n) is 25.1. The Morgan fingerprint density at radius 2 is 0.905 bits per heavy atom. The van der Waals surface area contributed by atoms with Gasteiger partial charge in [0.2, 0.25) is 5.79 Å². The molecule has 0 aliphatic carbocycles. The summed E-state index contributed by atoms with van der Waals surface area (Å²) in [5, 5.41) is 1.98. The molecule has 6 aromatic rings. The first kappa shape index (κ1) is 64.0. The molecule has 0 aromatic heterocycles. The first-order valence-electron chi connectivity index (χ1n) is 30.3. The van der Waals surface area contributed by atoms with Crippen molar-refractivity contribution in [2.24, 2.45) is 0 Å². The number of ether oxygens (including phenoxy) is 8. The topological polar surface area (TPSA) is 111 Å². The minimum atomic E-state index is -3.36. The molecule has 3 aliphatic heterocycles. The van der Waals surface area contributed by atoms with Crippen LogP contribution < -0.4 is 10.4 Å². The largest absolute Gasteiger partial charge is 0.414 e. The van der Waals surface area contributed by atoms with Crippen molar-refractivity contribution in [3.05, 3.63) is 204 Å². The lowest BCUT2D eigenvalue weighted by Crippen LogP contribution is -2.67. The Labute approximate surface area is 504 Å². The van der Waals surface area contributed by atoms with Crippen molar-refractivity contribution in [2.45, 2.75) is 185 Å². The molecule has 0 saturated carbocycles. The Kier molecular flexibility index (Phi) is 21.7.